The molecule has 0 radical (unpaired) electrons. The van der Waals surface area contributed by atoms with Crippen LogP contribution >= 0.6 is 0 Å². The number of carbonyl (C=O) groups is 3. The predicted molar refractivity (Wildman–Crippen MR) is 144 cm³/mol. The largest absolute Gasteiger partial charge is 0.459 e. The molecule has 9 heteroatoms. The van der Waals surface area contributed by atoms with Gasteiger partial charge >= 0.3 is 6.09 Å². The van der Waals surface area contributed by atoms with Crippen LogP contribution in [0.1, 0.15) is 40.1 Å². The van der Waals surface area contributed by atoms with Crippen LogP contribution in [0, 0.1) is 0 Å². The van der Waals surface area contributed by atoms with Crippen LogP contribution in [0.3, 0.4) is 0 Å². The molecular weight excluding hydrogens is 496 g/mol. The number of rotatable bonds is 6. The molecule has 1 N–H and O–H groups in total. The molecule has 1 saturated heterocycles. The molecule has 6 rings (SSSR count). The zero-order valence-electron chi connectivity index (χ0n) is 21.3. The van der Waals surface area contributed by atoms with Crippen LogP contribution in [0.5, 0.6) is 0 Å². The summed E-state index contributed by atoms with van der Waals surface area (Å²) in [7, 11) is 0. The number of pyridine rings is 1. The molecule has 39 heavy (non-hydrogen) atoms. The van der Waals surface area contributed by atoms with Gasteiger partial charge in [0.1, 0.15) is 18.0 Å². The highest BCUT2D eigenvalue weighted by molar-refractivity contribution is 5.98. The number of anilines is 1. The van der Waals surface area contributed by atoms with Crippen molar-refractivity contribution in [3.8, 4) is 0 Å². The molecule has 0 atom stereocenters. The number of aromatic nitrogens is 1. The Morgan fingerprint density at radius 2 is 1.87 bits per heavy atom. The van der Waals surface area contributed by atoms with E-state index < -0.39 is 0 Å². The molecule has 1 fully saturated rings. The number of carbonyl (C=O) groups excluding carboxylic acids is 3. The van der Waals surface area contributed by atoms with Crippen LogP contribution in [-0.4, -0.2) is 46.9 Å². The lowest BCUT2D eigenvalue weighted by atomic mass is 10.00. The molecule has 198 valence electrons. The number of hydrogen-bond donors (Lipinski definition) is 1. The highest BCUT2D eigenvalue weighted by Gasteiger charge is 2.35. The number of fused-ring (bicyclic) bond motifs is 2. The van der Waals surface area contributed by atoms with Gasteiger partial charge in [0.15, 0.2) is 0 Å². The molecule has 3 amide bonds. The average Bonchev–Trinajstić information content (AvgIpc) is 3.39. The fraction of sp³-hybridized carbons (Fsp3) is 0.267. The molecule has 9 nitrogen and oxygen atoms in total. The van der Waals surface area contributed by atoms with Crippen molar-refractivity contribution in [1.29, 1.82) is 0 Å². The predicted octanol–water partition coefficient (Wildman–Crippen LogP) is 4.45. The molecule has 2 aromatic heterocycles. The number of nitrogens with one attached hydrogen (secondary N) is 1. The van der Waals surface area contributed by atoms with Gasteiger partial charge in [0, 0.05) is 48.0 Å². The Kier molecular flexibility index (Phi) is 6.71. The van der Waals surface area contributed by atoms with E-state index in [1.807, 2.05) is 47.4 Å². The number of nitrogens with zero attached hydrogens (tertiary/aromatic N) is 3. The van der Waals surface area contributed by atoms with Crippen LogP contribution in [0.25, 0.3) is 11.0 Å². The summed E-state index contributed by atoms with van der Waals surface area (Å²) in [5, 5.41) is 3.67. The first-order valence-corrected chi connectivity index (χ1v) is 13.1. The zero-order valence-corrected chi connectivity index (χ0v) is 21.3. The fourth-order valence-corrected chi connectivity index (χ4v) is 5.29. The molecular formula is C30H28N4O5. The first-order chi connectivity index (χ1) is 19.0. The highest BCUT2D eigenvalue weighted by Crippen LogP contribution is 2.32. The number of para-hydroxylation sites is 1. The van der Waals surface area contributed by atoms with E-state index in [9.17, 15) is 14.4 Å². The van der Waals surface area contributed by atoms with Gasteiger partial charge in [-0.15, -0.1) is 0 Å². The Labute approximate surface area is 225 Å². The van der Waals surface area contributed by atoms with E-state index >= 15 is 0 Å². The molecule has 0 unspecified atom stereocenters. The van der Waals surface area contributed by atoms with E-state index in [1.54, 1.807) is 35.5 Å². The van der Waals surface area contributed by atoms with Crippen LogP contribution in [0.4, 0.5) is 10.5 Å². The van der Waals surface area contributed by atoms with Gasteiger partial charge in [0.2, 0.25) is 5.91 Å². The Balaban J connectivity index is 1.07. The van der Waals surface area contributed by atoms with Gasteiger partial charge in [-0.3, -0.25) is 19.5 Å². The van der Waals surface area contributed by atoms with Gasteiger partial charge in [-0.1, -0.05) is 24.3 Å². The smallest absolute Gasteiger partial charge is 0.414 e. The summed E-state index contributed by atoms with van der Waals surface area (Å²) >= 11 is 0. The summed E-state index contributed by atoms with van der Waals surface area (Å²) in [6.45, 7) is 1.64. The van der Waals surface area contributed by atoms with Gasteiger partial charge in [0.25, 0.3) is 5.91 Å². The maximum Gasteiger partial charge on any atom is 0.414 e. The second kappa shape index (κ2) is 10.6. The van der Waals surface area contributed by atoms with Crippen molar-refractivity contribution in [2.24, 2.45) is 0 Å². The van der Waals surface area contributed by atoms with E-state index in [0.29, 0.717) is 49.4 Å². The molecule has 4 aromatic rings. The van der Waals surface area contributed by atoms with Crippen molar-refractivity contribution < 1.29 is 23.5 Å². The number of hydrogen-bond acceptors (Lipinski definition) is 6. The molecule has 0 spiro atoms. The van der Waals surface area contributed by atoms with Gasteiger partial charge in [-0.2, -0.15) is 0 Å². The third kappa shape index (κ3) is 5.20. The molecule has 4 heterocycles. The lowest BCUT2D eigenvalue weighted by Gasteiger charge is -2.40. The highest BCUT2D eigenvalue weighted by atomic mass is 16.6. The molecule has 2 aromatic carbocycles. The van der Waals surface area contributed by atoms with E-state index in [0.717, 1.165) is 22.2 Å². The Morgan fingerprint density at radius 3 is 2.69 bits per heavy atom. The summed E-state index contributed by atoms with van der Waals surface area (Å²) in [6, 6.07) is 18.7. The fourth-order valence-electron chi connectivity index (χ4n) is 5.29. The van der Waals surface area contributed by atoms with Gasteiger partial charge in [-0.25, -0.2) is 4.79 Å². The summed E-state index contributed by atoms with van der Waals surface area (Å²) in [6.07, 6.45) is 4.60. The van der Waals surface area contributed by atoms with Crippen molar-refractivity contribution >= 4 is 34.6 Å². The minimum Gasteiger partial charge on any atom is -0.459 e. The zero-order chi connectivity index (χ0) is 26.8. The van der Waals surface area contributed by atoms with Crippen molar-refractivity contribution in [2.45, 2.75) is 38.5 Å². The molecule has 2 aliphatic heterocycles. The Hall–Kier alpha value is -4.66. The van der Waals surface area contributed by atoms with E-state index in [4.69, 9.17) is 9.15 Å². The molecule has 0 bridgehead atoms. The third-order valence-electron chi connectivity index (χ3n) is 7.28. The number of piperidine rings is 1. The van der Waals surface area contributed by atoms with Crippen molar-refractivity contribution in [3.05, 3.63) is 95.5 Å². The topological polar surface area (TPSA) is 105 Å². The number of ether oxygens (including phenoxy) is 1. The Morgan fingerprint density at radius 1 is 1.03 bits per heavy atom. The van der Waals surface area contributed by atoms with E-state index in [-0.39, 0.29) is 36.9 Å². The van der Waals surface area contributed by atoms with Gasteiger partial charge in [-0.05, 0) is 54.8 Å². The van der Waals surface area contributed by atoms with Gasteiger partial charge in [0.05, 0.1) is 18.7 Å². The number of likely N-dealkylation sites (tertiary alicyclic amines) is 1. The van der Waals surface area contributed by atoms with Crippen LogP contribution < -0.4 is 10.2 Å². The standard InChI is InChI=1S/C30H28N4O5/c35-28(14-20-4-3-11-31-17-20)32-18-25-16-23-15-21(7-8-27(23)39-25)29(36)33-12-9-24(10-13-33)34-26-6-2-1-5-22(26)19-38-30(34)37/h1-8,11,15-17,24H,9-10,12-14,18-19H2,(H,32,35). The normalized spacial score (nSPS) is 15.6. The maximum atomic E-state index is 13.3. The average molecular weight is 525 g/mol. The van der Waals surface area contributed by atoms with Crippen LogP contribution in [0.2, 0.25) is 0 Å². The minimum atomic E-state index is -0.326. The van der Waals surface area contributed by atoms with Gasteiger partial charge < -0.3 is 19.4 Å². The van der Waals surface area contributed by atoms with Crippen molar-refractivity contribution in [3.63, 3.8) is 0 Å². The van der Waals surface area contributed by atoms with Crippen molar-refractivity contribution in [1.82, 2.24) is 15.2 Å². The molecule has 2 aliphatic rings. The second-order valence-electron chi connectivity index (χ2n) is 9.86. The molecule has 0 aliphatic carbocycles. The first kappa shape index (κ1) is 24.7. The summed E-state index contributed by atoms with van der Waals surface area (Å²) in [5.41, 5.74) is 3.97. The lowest BCUT2D eigenvalue weighted by Crippen LogP contribution is -2.50. The van der Waals surface area contributed by atoms with E-state index in [1.165, 1.54) is 0 Å². The minimum absolute atomic E-state index is 0.0183. The Bertz CT molecular complexity index is 1520. The number of cyclic esters (lactones) is 1. The summed E-state index contributed by atoms with van der Waals surface area (Å²) in [5.74, 6) is 0.442. The van der Waals surface area contributed by atoms with E-state index in [2.05, 4.69) is 10.3 Å². The SMILES string of the molecule is O=C(Cc1cccnc1)NCc1cc2cc(C(=O)N3CCC(N4C(=O)OCc5ccccc54)CC3)ccc2o1. The second-order valence-corrected chi connectivity index (χ2v) is 9.86. The number of benzene rings is 2. The number of amides is 3. The first-order valence-electron chi connectivity index (χ1n) is 13.1. The quantitative estimate of drug-likeness (QED) is 0.400. The van der Waals surface area contributed by atoms with Crippen LogP contribution in [-0.2, 0) is 29.1 Å². The third-order valence-corrected chi connectivity index (χ3v) is 7.28. The number of furan rings is 1. The monoisotopic (exact) mass is 524 g/mol. The maximum absolute atomic E-state index is 13.3. The van der Waals surface area contributed by atoms with Crippen LogP contribution in [0.15, 0.2) is 77.5 Å². The summed E-state index contributed by atoms with van der Waals surface area (Å²) in [4.78, 5) is 45.8. The molecule has 0 saturated carbocycles. The van der Waals surface area contributed by atoms with Crippen molar-refractivity contribution in [2.75, 3.05) is 18.0 Å². The lowest BCUT2D eigenvalue weighted by molar-refractivity contribution is -0.120. The summed E-state index contributed by atoms with van der Waals surface area (Å²) < 4.78 is 11.3.